The summed E-state index contributed by atoms with van der Waals surface area (Å²) < 4.78 is 11.1. The summed E-state index contributed by atoms with van der Waals surface area (Å²) in [5.74, 6) is 1.65. The van der Waals surface area contributed by atoms with Crippen molar-refractivity contribution in [3.8, 4) is 0 Å². The predicted octanol–water partition coefficient (Wildman–Crippen LogP) is 2.67. The van der Waals surface area contributed by atoms with Crippen LogP contribution in [-0.2, 0) is 9.47 Å². The first-order chi connectivity index (χ1) is 8.11. The molecule has 0 fully saturated rings. The van der Waals surface area contributed by atoms with Crippen LogP contribution >= 0.6 is 0 Å². The molecule has 0 radical (unpaired) electrons. The van der Waals surface area contributed by atoms with Gasteiger partial charge in [0.05, 0.1) is 7.11 Å². The molecule has 0 aromatic heterocycles. The van der Waals surface area contributed by atoms with Crippen molar-refractivity contribution in [2.75, 3.05) is 13.7 Å². The Balaban J connectivity index is 3.18. The Labute approximate surface area is 103 Å². The SMILES string of the molecule is C=CCOC1=C(C(C)N)CC=CC(OC)=C1C. The smallest absolute Gasteiger partial charge is 0.127 e. The fourth-order valence-corrected chi connectivity index (χ4v) is 1.82. The Bertz CT molecular complexity index is 376. The van der Waals surface area contributed by atoms with Crippen LogP contribution in [0.1, 0.15) is 20.3 Å². The number of hydrogen-bond acceptors (Lipinski definition) is 3. The lowest BCUT2D eigenvalue weighted by Gasteiger charge is -2.18. The van der Waals surface area contributed by atoms with E-state index in [9.17, 15) is 0 Å². The summed E-state index contributed by atoms with van der Waals surface area (Å²) in [6.45, 7) is 8.08. The third-order valence-corrected chi connectivity index (χ3v) is 2.72. The van der Waals surface area contributed by atoms with Gasteiger partial charge in [0.15, 0.2) is 0 Å². The highest BCUT2D eigenvalue weighted by Crippen LogP contribution is 2.27. The maximum Gasteiger partial charge on any atom is 0.127 e. The fraction of sp³-hybridized carbons (Fsp3) is 0.429. The summed E-state index contributed by atoms with van der Waals surface area (Å²) in [6, 6.07) is -0.0365. The first kappa shape index (κ1) is 13.6. The zero-order valence-corrected chi connectivity index (χ0v) is 10.8. The monoisotopic (exact) mass is 235 g/mol. The molecule has 1 rings (SSSR count). The van der Waals surface area contributed by atoms with Crippen LogP contribution in [0, 0.1) is 0 Å². The van der Waals surface area contributed by atoms with Crippen molar-refractivity contribution in [2.24, 2.45) is 5.73 Å². The fourth-order valence-electron chi connectivity index (χ4n) is 1.82. The van der Waals surface area contributed by atoms with E-state index >= 15 is 0 Å². The summed E-state index contributed by atoms with van der Waals surface area (Å²) in [6.07, 6.45) is 6.52. The molecule has 3 heteroatoms. The minimum absolute atomic E-state index is 0.0365. The highest BCUT2D eigenvalue weighted by molar-refractivity contribution is 5.40. The van der Waals surface area contributed by atoms with Crippen LogP contribution in [0.15, 0.2) is 47.5 Å². The van der Waals surface area contributed by atoms with E-state index in [1.165, 1.54) is 0 Å². The average Bonchev–Trinajstić information content (AvgIpc) is 2.46. The molecular weight excluding hydrogens is 214 g/mol. The lowest BCUT2D eigenvalue weighted by atomic mass is 10.0. The normalized spacial score (nSPS) is 17.9. The van der Waals surface area contributed by atoms with Gasteiger partial charge < -0.3 is 15.2 Å². The summed E-state index contributed by atoms with van der Waals surface area (Å²) in [5.41, 5.74) is 8.06. The minimum Gasteiger partial charge on any atom is -0.496 e. The quantitative estimate of drug-likeness (QED) is 0.745. The van der Waals surface area contributed by atoms with Gasteiger partial charge in [-0.2, -0.15) is 0 Å². The minimum atomic E-state index is -0.0365. The second-order valence-electron chi connectivity index (χ2n) is 4.04. The Morgan fingerprint density at radius 2 is 2.29 bits per heavy atom. The highest BCUT2D eigenvalue weighted by atomic mass is 16.5. The van der Waals surface area contributed by atoms with Gasteiger partial charge in [-0.25, -0.2) is 0 Å². The van der Waals surface area contributed by atoms with Crippen molar-refractivity contribution in [2.45, 2.75) is 26.3 Å². The van der Waals surface area contributed by atoms with E-state index in [2.05, 4.69) is 6.58 Å². The maximum atomic E-state index is 5.99. The van der Waals surface area contributed by atoms with Crippen LogP contribution in [0.2, 0.25) is 0 Å². The van der Waals surface area contributed by atoms with E-state index in [1.54, 1.807) is 13.2 Å². The second kappa shape index (κ2) is 6.30. The molecule has 0 saturated carbocycles. The second-order valence-corrected chi connectivity index (χ2v) is 4.04. The van der Waals surface area contributed by atoms with Gasteiger partial charge in [0, 0.05) is 11.6 Å². The molecule has 17 heavy (non-hydrogen) atoms. The number of allylic oxidation sites excluding steroid dienone is 3. The van der Waals surface area contributed by atoms with Crippen molar-refractivity contribution in [3.05, 3.63) is 47.5 Å². The van der Waals surface area contributed by atoms with Crippen LogP contribution in [-0.4, -0.2) is 19.8 Å². The lowest BCUT2D eigenvalue weighted by molar-refractivity contribution is 0.241. The molecule has 0 heterocycles. The third-order valence-electron chi connectivity index (χ3n) is 2.72. The van der Waals surface area contributed by atoms with Crippen LogP contribution in [0.3, 0.4) is 0 Å². The van der Waals surface area contributed by atoms with E-state index in [0.29, 0.717) is 6.61 Å². The number of ether oxygens (including phenoxy) is 2. The largest absolute Gasteiger partial charge is 0.496 e. The standard InChI is InChI=1S/C14H21NO2/c1-5-9-17-14-10(2)13(16-4)8-6-7-12(14)11(3)15/h5-6,8,11H,1,7,9,15H2,2-4H3. The molecule has 0 aliphatic heterocycles. The molecule has 0 saturated heterocycles. The van der Waals surface area contributed by atoms with Crippen molar-refractivity contribution in [1.29, 1.82) is 0 Å². The summed E-state index contributed by atoms with van der Waals surface area (Å²) in [4.78, 5) is 0. The zero-order valence-electron chi connectivity index (χ0n) is 10.8. The maximum absolute atomic E-state index is 5.99. The van der Waals surface area contributed by atoms with Crippen molar-refractivity contribution >= 4 is 0 Å². The van der Waals surface area contributed by atoms with E-state index in [4.69, 9.17) is 15.2 Å². The predicted molar refractivity (Wildman–Crippen MR) is 70.3 cm³/mol. The van der Waals surface area contributed by atoms with Gasteiger partial charge in [-0.15, -0.1) is 0 Å². The molecule has 0 bridgehead atoms. The van der Waals surface area contributed by atoms with Gasteiger partial charge in [-0.1, -0.05) is 18.7 Å². The number of hydrogen-bond donors (Lipinski definition) is 1. The zero-order chi connectivity index (χ0) is 12.8. The molecule has 2 N–H and O–H groups in total. The Hall–Kier alpha value is -1.48. The number of rotatable bonds is 5. The van der Waals surface area contributed by atoms with E-state index in [1.807, 2.05) is 26.0 Å². The number of methoxy groups -OCH3 is 1. The Morgan fingerprint density at radius 3 is 2.82 bits per heavy atom. The Kier molecular flexibility index (Phi) is 5.04. The van der Waals surface area contributed by atoms with Gasteiger partial charge in [0.25, 0.3) is 0 Å². The molecule has 3 nitrogen and oxygen atoms in total. The average molecular weight is 235 g/mol. The molecule has 1 aliphatic carbocycles. The van der Waals surface area contributed by atoms with Crippen LogP contribution in [0.5, 0.6) is 0 Å². The van der Waals surface area contributed by atoms with Crippen LogP contribution < -0.4 is 5.73 Å². The summed E-state index contributed by atoms with van der Waals surface area (Å²) in [5, 5.41) is 0. The molecule has 1 aliphatic rings. The molecule has 0 amide bonds. The molecule has 94 valence electrons. The molecule has 1 unspecified atom stereocenters. The van der Waals surface area contributed by atoms with Gasteiger partial charge in [-0.3, -0.25) is 0 Å². The van der Waals surface area contributed by atoms with E-state index < -0.39 is 0 Å². The van der Waals surface area contributed by atoms with E-state index in [-0.39, 0.29) is 6.04 Å². The summed E-state index contributed by atoms with van der Waals surface area (Å²) >= 11 is 0. The molecule has 0 aromatic carbocycles. The van der Waals surface area contributed by atoms with Crippen molar-refractivity contribution in [3.63, 3.8) is 0 Å². The highest BCUT2D eigenvalue weighted by Gasteiger charge is 2.18. The third kappa shape index (κ3) is 3.24. The first-order valence-corrected chi connectivity index (χ1v) is 5.75. The topological polar surface area (TPSA) is 44.5 Å². The van der Waals surface area contributed by atoms with E-state index in [0.717, 1.165) is 29.1 Å². The van der Waals surface area contributed by atoms with Crippen molar-refractivity contribution in [1.82, 2.24) is 0 Å². The van der Waals surface area contributed by atoms with Crippen LogP contribution in [0.4, 0.5) is 0 Å². The number of nitrogens with two attached hydrogens (primary N) is 1. The lowest BCUT2D eigenvalue weighted by Crippen LogP contribution is -2.20. The van der Waals surface area contributed by atoms with Gasteiger partial charge in [-0.05, 0) is 31.9 Å². The van der Waals surface area contributed by atoms with Gasteiger partial charge >= 0.3 is 0 Å². The molecule has 0 spiro atoms. The first-order valence-electron chi connectivity index (χ1n) is 5.75. The van der Waals surface area contributed by atoms with Crippen LogP contribution in [0.25, 0.3) is 0 Å². The summed E-state index contributed by atoms with van der Waals surface area (Å²) in [7, 11) is 1.66. The van der Waals surface area contributed by atoms with Crippen molar-refractivity contribution < 1.29 is 9.47 Å². The van der Waals surface area contributed by atoms with Gasteiger partial charge in [0.1, 0.15) is 18.1 Å². The van der Waals surface area contributed by atoms with Gasteiger partial charge in [0.2, 0.25) is 0 Å². The molecule has 1 atom stereocenters. The Morgan fingerprint density at radius 1 is 1.59 bits per heavy atom. The molecular formula is C14H21NO2. The molecule has 0 aromatic rings.